The smallest absolute Gasteiger partial charge is 0.111 e. The van der Waals surface area contributed by atoms with Gasteiger partial charge in [0.15, 0.2) is 0 Å². The summed E-state index contributed by atoms with van der Waals surface area (Å²) >= 11 is 9.42. The second kappa shape index (κ2) is 6.16. The molecule has 5 heteroatoms. The van der Waals surface area contributed by atoms with Crippen LogP contribution >= 0.6 is 27.5 Å². The minimum absolute atomic E-state index is 0.561. The molecular weight excluding hydrogens is 350 g/mol. The Balaban J connectivity index is 2.11. The molecule has 0 N–H and O–H groups in total. The largest absolute Gasteiger partial charge is 0.322 e. The van der Waals surface area contributed by atoms with Gasteiger partial charge in [0.25, 0.3) is 0 Å². The molecule has 0 radical (unpaired) electrons. The molecule has 1 aromatic carbocycles. The quantitative estimate of drug-likeness (QED) is 0.645. The summed E-state index contributed by atoms with van der Waals surface area (Å²) in [6.45, 7) is 2.80. The topological polar surface area (TPSA) is 30.7 Å². The highest BCUT2D eigenvalue weighted by Gasteiger charge is 2.12. The van der Waals surface area contributed by atoms with Crippen molar-refractivity contribution in [1.82, 2.24) is 14.5 Å². The summed E-state index contributed by atoms with van der Waals surface area (Å²) in [5, 5.41) is 0. The van der Waals surface area contributed by atoms with Crippen molar-refractivity contribution >= 4 is 38.6 Å². The third-order valence-electron chi connectivity index (χ3n) is 3.53. The number of nitrogens with zero attached hydrogens (tertiary/aromatic N) is 3. The van der Waals surface area contributed by atoms with Gasteiger partial charge in [0.05, 0.1) is 23.3 Å². The van der Waals surface area contributed by atoms with Crippen LogP contribution in [0.25, 0.3) is 11.0 Å². The van der Waals surface area contributed by atoms with Crippen molar-refractivity contribution in [2.24, 2.45) is 0 Å². The number of rotatable bonds is 4. The predicted octanol–water partition coefficient (Wildman–Crippen LogP) is 4.33. The molecule has 0 saturated carbocycles. The van der Waals surface area contributed by atoms with Crippen LogP contribution in [-0.4, -0.2) is 20.4 Å². The Hall–Kier alpha value is -1.39. The van der Waals surface area contributed by atoms with Crippen molar-refractivity contribution in [2.75, 3.05) is 5.88 Å². The Morgan fingerprint density at radius 1 is 1.29 bits per heavy atom. The summed E-state index contributed by atoms with van der Waals surface area (Å²) in [6.07, 6.45) is 2.58. The third-order valence-corrected chi connectivity index (χ3v) is 4.22. The molecule has 2 aromatic heterocycles. The van der Waals surface area contributed by atoms with E-state index >= 15 is 0 Å². The van der Waals surface area contributed by atoms with Gasteiger partial charge in [0, 0.05) is 23.0 Å². The zero-order valence-corrected chi connectivity index (χ0v) is 14.0. The zero-order chi connectivity index (χ0) is 14.8. The van der Waals surface area contributed by atoms with Gasteiger partial charge in [-0.1, -0.05) is 22.0 Å². The van der Waals surface area contributed by atoms with Crippen molar-refractivity contribution in [3.05, 3.63) is 58.1 Å². The van der Waals surface area contributed by atoms with Gasteiger partial charge in [-0.2, -0.15) is 0 Å². The third kappa shape index (κ3) is 2.97. The molecular formula is C16H15BrClN3. The van der Waals surface area contributed by atoms with Crippen molar-refractivity contribution < 1.29 is 0 Å². The monoisotopic (exact) mass is 363 g/mol. The minimum atomic E-state index is 0.561. The number of halogens is 2. The van der Waals surface area contributed by atoms with Crippen molar-refractivity contribution in [3.8, 4) is 0 Å². The van der Waals surface area contributed by atoms with E-state index < -0.39 is 0 Å². The van der Waals surface area contributed by atoms with E-state index in [0.29, 0.717) is 5.88 Å². The molecule has 0 aliphatic heterocycles. The maximum Gasteiger partial charge on any atom is 0.111 e. The van der Waals surface area contributed by atoms with Gasteiger partial charge in [-0.25, -0.2) is 4.98 Å². The van der Waals surface area contributed by atoms with E-state index in [-0.39, 0.29) is 0 Å². The molecule has 0 atom stereocenters. The van der Waals surface area contributed by atoms with E-state index in [1.807, 2.05) is 24.4 Å². The van der Waals surface area contributed by atoms with Gasteiger partial charge in [0.1, 0.15) is 5.82 Å². The number of benzene rings is 1. The van der Waals surface area contributed by atoms with E-state index in [4.69, 9.17) is 16.6 Å². The van der Waals surface area contributed by atoms with Crippen LogP contribution < -0.4 is 0 Å². The Morgan fingerprint density at radius 2 is 2.14 bits per heavy atom. The van der Waals surface area contributed by atoms with Crippen LogP contribution in [0.3, 0.4) is 0 Å². The number of alkyl halides is 1. The number of fused-ring (bicyclic) bond motifs is 1. The van der Waals surface area contributed by atoms with E-state index in [2.05, 4.69) is 44.5 Å². The molecule has 2 heterocycles. The minimum Gasteiger partial charge on any atom is -0.322 e. The SMILES string of the molecule is Cc1cccnc1Cn1c(CCCl)nc2cc(Br)ccc21. The van der Waals surface area contributed by atoms with Gasteiger partial charge >= 0.3 is 0 Å². The molecule has 0 aliphatic rings. The Kier molecular flexibility index (Phi) is 4.27. The van der Waals surface area contributed by atoms with Crippen LogP contribution in [0.4, 0.5) is 0 Å². The molecule has 0 spiro atoms. The highest BCUT2D eigenvalue weighted by atomic mass is 79.9. The van der Waals surface area contributed by atoms with E-state index in [9.17, 15) is 0 Å². The summed E-state index contributed by atoms with van der Waals surface area (Å²) in [7, 11) is 0. The molecule has 0 bridgehead atoms. The predicted molar refractivity (Wildman–Crippen MR) is 89.9 cm³/mol. The highest BCUT2D eigenvalue weighted by Crippen LogP contribution is 2.22. The molecule has 21 heavy (non-hydrogen) atoms. The average molecular weight is 365 g/mol. The lowest BCUT2D eigenvalue weighted by Gasteiger charge is -2.10. The van der Waals surface area contributed by atoms with E-state index in [1.165, 1.54) is 5.56 Å². The second-order valence-corrected chi connectivity index (χ2v) is 6.25. The van der Waals surface area contributed by atoms with Crippen LogP contribution in [0.1, 0.15) is 17.1 Å². The second-order valence-electron chi connectivity index (χ2n) is 4.95. The summed E-state index contributed by atoms with van der Waals surface area (Å²) in [5.74, 6) is 1.56. The van der Waals surface area contributed by atoms with Gasteiger partial charge in [0.2, 0.25) is 0 Å². The molecule has 3 rings (SSSR count). The fourth-order valence-electron chi connectivity index (χ4n) is 2.44. The van der Waals surface area contributed by atoms with Gasteiger partial charge in [-0.05, 0) is 36.8 Å². The highest BCUT2D eigenvalue weighted by molar-refractivity contribution is 9.10. The maximum atomic E-state index is 5.92. The first-order valence-electron chi connectivity index (χ1n) is 6.80. The number of aryl methyl sites for hydroxylation is 2. The number of hydrogen-bond acceptors (Lipinski definition) is 2. The first kappa shape index (κ1) is 14.5. The Morgan fingerprint density at radius 3 is 2.90 bits per heavy atom. The molecule has 0 saturated heterocycles. The van der Waals surface area contributed by atoms with Crippen LogP contribution in [0.2, 0.25) is 0 Å². The first-order valence-corrected chi connectivity index (χ1v) is 8.13. The van der Waals surface area contributed by atoms with Gasteiger partial charge in [-0.15, -0.1) is 11.6 Å². The van der Waals surface area contributed by atoms with Crippen molar-refractivity contribution in [1.29, 1.82) is 0 Å². The Bertz CT molecular complexity index is 782. The van der Waals surface area contributed by atoms with E-state index in [1.54, 1.807) is 0 Å². The lowest BCUT2D eigenvalue weighted by molar-refractivity contribution is 0.733. The lowest BCUT2D eigenvalue weighted by atomic mass is 10.2. The normalized spacial score (nSPS) is 11.2. The zero-order valence-electron chi connectivity index (χ0n) is 11.7. The molecule has 3 aromatic rings. The fourth-order valence-corrected chi connectivity index (χ4v) is 2.96. The molecule has 0 unspecified atom stereocenters. The number of hydrogen-bond donors (Lipinski definition) is 0. The summed E-state index contributed by atoms with van der Waals surface area (Å²) in [4.78, 5) is 9.20. The average Bonchev–Trinajstić information content (AvgIpc) is 2.79. The number of pyridine rings is 1. The first-order chi connectivity index (χ1) is 10.2. The standard InChI is InChI=1S/C16H15BrClN3/c1-11-3-2-8-19-14(11)10-21-15-5-4-12(17)9-13(15)20-16(21)6-7-18/h2-5,8-9H,6-7,10H2,1H3. The number of aromatic nitrogens is 3. The molecule has 0 amide bonds. The van der Waals surface area contributed by atoms with Crippen LogP contribution in [-0.2, 0) is 13.0 Å². The summed E-state index contributed by atoms with van der Waals surface area (Å²) < 4.78 is 3.24. The van der Waals surface area contributed by atoms with Crippen LogP contribution in [0, 0.1) is 6.92 Å². The molecule has 108 valence electrons. The van der Waals surface area contributed by atoms with Crippen molar-refractivity contribution in [3.63, 3.8) is 0 Å². The molecule has 3 nitrogen and oxygen atoms in total. The van der Waals surface area contributed by atoms with E-state index in [0.717, 1.165) is 40.0 Å². The van der Waals surface area contributed by atoms with Crippen LogP contribution in [0.5, 0.6) is 0 Å². The Labute approximate surface area is 137 Å². The molecule has 0 aliphatic carbocycles. The maximum absolute atomic E-state index is 5.92. The van der Waals surface area contributed by atoms with Crippen molar-refractivity contribution in [2.45, 2.75) is 19.9 Å². The summed E-state index contributed by atoms with van der Waals surface area (Å²) in [5.41, 5.74) is 4.35. The molecule has 0 fully saturated rings. The van der Waals surface area contributed by atoms with Gasteiger partial charge < -0.3 is 4.57 Å². The summed E-state index contributed by atoms with van der Waals surface area (Å²) in [6, 6.07) is 10.2. The van der Waals surface area contributed by atoms with Gasteiger partial charge in [-0.3, -0.25) is 4.98 Å². The van der Waals surface area contributed by atoms with Crippen LogP contribution in [0.15, 0.2) is 41.0 Å². The lowest BCUT2D eigenvalue weighted by Crippen LogP contribution is -2.08. The fraction of sp³-hybridized carbons (Fsp3) is 0.250. The number of imidazole rings is 1.